The number of hydrogen-bond acceptors (Lipinski definition) is 4. The third kappa shape index (κ3) is 6.20. The molecule has 0 bridgehead atoms. The molecule has 3 aromatic rings. The molecule has 6 nitrogen and oxygen atoms in total. The Morgan fingerprint density at radius 2 is 1.84 bits per heavy atom. The molecule has 8 heteroatoms. The van der Waals surface area contributed by atoms with Gasteiger partial charge in [-0.1, -0.05) is 77.5 Å². The molecule has 0 radical (unpaired) electrons. The van der Waals surface area contributed by atoms with Crippen molar-refractivity contribution in [1.29, 1.82) is 0 Å². The molecule has 0 aliphatic carbocycles. The van der Waals surface area contributed by atoms with Gasteiger partial charge in [0, 0.05) is 39.0 Å². The molecule has 2 N–H and O–H groups in total. The van der Waals surface area contributed by atoms with E-state index in [1.54, 1.807) is 34.9 Å². The lowest BCUT2D eigenvalue weighted by Crippen LogP contribution is -2.44. The van der Waals surface area contributed by atoms with Gasteiger partial charge in [0.05, 0.1) is 18.8 Å². The Morgan fingerprint density at radius 3 is 2.55 bits per heavy atom. The number of hydrogen-bond donors (Lipinski definition) is 2. The molecule has 2 amide bonds. The van der Waals surface area contributed by atoms with Gasteiger partial charge in [0.1, 0.15) is 0 Å². The number of benzene rings is 3. The lowest BCUT2D eigenvalue weighted by Gasteiger charge is -2.28. The van der Waals surface area contributed by atoms with E-state index in [1.165, 1.54) is 0 Å². The van der Waals surface area contributed by atoms with Crippen LogP contribution >= 0.6 is 38.5 Å². The van der Waals surface area contributed by atoms with Crippen molar-refractivity contribution in [2.75, 3.05) is 18.1 Å². The first-order valence-electron chi connectivity index (χ1n) is 12.4. The molecular formula is C30H30BrIN2O4. The van der Waals surface area contributed by atoms with Crippen molar-refractivity contribution >= 4 is 56.0 Å². The van der Waals surface area contributed by atoms with Gasteiger partial charge >= 0.3 is 0 Å². The molecular weight excluding hydrogens is 659 g/mol. The number of aliphatic hydroxyl groups is 2. The SMILES string of the molecule is C[C@H](/C=C/CC(=O)N(CCO)Cc1ccccc1)[C@@]1(O)C(=O)N(Cc2cccc(I)c2)c2ccc(Br)cc21. The standard InChI is InChI=1S/C30H30BrIN2O4/c1-21(7-5-12-28(36)33(15-16-35)19-22-8-3-2-4-9-22)30(38)26-18-24(31)13-14-27(26)34(29(30)37)20-23-10-6-11-25(32)17-23/h2-11,13-14,17-18,21,35,38H,12,15-16,19-20H2,1H3/b7-5+/t21-,30+/m1/s1. The van der Waals surface area contributed by atoms with Crippen molar-refractivity contribution in [2.24, 2.45) is 5.92 Å². The average Bonchev–Trinajstić information content (AvgIpc) is 3.11. The molecule has 0 aromatic heterocycles. The second kappa shape index (κ2) is 12.5. The van der Waals surface area contributed by atoms with Gasteiger partial charge in [-0.15, -0.1) is 0 Å². The minimum absolute atomic E-state index is 0.0962. The maximum Gasteiger partial charge on any atom is 0.264 e. The van der Waals surface area contributed by atoms with Crippen molar-refractivity contribution in [3.05, 3.63) is 110 Å². The van der Waals surface area contributed by atoms with Gasteiger partial charge in [-0.2, -0.15) is 0 Å². The molecule has 1 aliphatic rings. The maximum atomic E-state index is 13.7. The number of carbonyl (C=O) groups excluding carboxylic acids is 2. The van der Waals surface area contributed by atoms with Crippen LogP contribution in [0.5, 0.6) is 0 Å². The summed E-state index contributed by atoms with van der Waals surface area (Å²) in [6.45, 7) is 2.63. The normalized spacial score (nSPS) is 17.6. The van der Waals surface area contributed by atoms with E-state index in [9.17, 15) is 19.8 Å². The molecule has 4 rings (SSSR count). The monoisotopic (exact) mass is 688 g/mol. The molecule has 3 aromatic carbocycles. The molecule has 1 heterocycles. The fourth-order valence-electron chi connectivity index (χ4n) is 4.75. The highest BCUT2D eigenvalue weighted by molar-refractivity contribution is 14.1. The Hall–Kier alpha value is -2.53. The predicted molar refractivity (Wildman–Crippen MR) is 160 cm³/mol. The summed E-state index contributed by atoms with van der Waals surface area (Å²) in [4.78, 5) is 29.9. The van der Waals surface area contributed by atoms with Crippen LogP contribution in [-0.4, -0.2) is 40.1 Å². The van der Waals surface area contributed by atoms with E-state index in [2.05, 4.69) is 38.5 Å². The van der Waals surface area contributed by atoms with Gasteiger partial charge in [0.15, 0.2) is 5.60 Å². The highest BCUT2D eigenvalue weighted by Crippen LogP contribution is 2.46. The zero-order valence-corrected chi connectivity index (χ0v) is 24.8. The summed E-state index contributed by atoms with van der Waals surface area (Å²) >= 11 is 5.72. The molecule has 0 saturated heterocycles. The molecule has 0 saturated carbocycles. The van der Waals surface area contributed by atoms with Gasteiger partial charge in [0.25, 0.3) is 5.91 Å². The van der Waals surface area contributed by atoms with Crippen LogP contribution in [0.3, 0.4) is 0 Å². The van der Waals surface area contributed by atoms with E-state index in [1.807, 2.05) is 66.7 Å². The molecule has 2 atom stereocenters. The van der Waals surface area contributed by atoms with E-state index < -0.39 is 11.5 Å². The number of aliphatic hydroxyl groups excluding tert-OH is 1. The van der Waals surface area contributed by atoms with Crippen molar-refractivity contribution in [2.45, 2.75) is 32.0 Å². The first-order valence-corrected chi connectivity index (χ1v) is 14.3. The van der Waals surface area contributed by atoms with Crippen molar-refractivity contribution in [3.63, 3.8) is 0 Å². The second-order valence-corrected chi connectivity index (χ2v) is 11.6. The van der Waals surface area contributed by atoms with Gasteiger partial charge in [-0.25, -0.2) is 0 Å². The molecule has 0 spiro atoms. The van der Waals surface area contributed by atoms with Crippen LogP contribution in [0.2, 0.25) is 0 Å². The summed E-state index contributed by atoms with van der Waals surface area (Å²) in [6, 6.07) is 23.1. The third-order valence-corrected chi connectivity index (χ3v) is 7.94. The Labute approximate surface area is 245 Å². The van der Waals surface area contributed by atoms with Crippen molar-refractivity contribution in [1.82, 2.24) is 4.90 Å². The van der Waals surface area contributed by atoms with Gasteiger partial charge in [-0.3, -0.25) is 9.59 Å². The minimum Gasteiger partial charge on any atom is -0.395 e. The van der Waals surface area contributed by atoms with Crippen LogP contribution in [0.15, 0.2) is 89.4 Å². The summed E-state index contributed by atoms with van der Waals surface area (Å²) in [5.74, 6) is -1.12. The Balaban J connectivity index is 1.52. The number of nitrogens with zero attached hydrogens (tertiary/aromatic N) is 2. The number of anilines is 1. The third-order valence-electron chi connectivity index (χ3n) is 6.78. The van der Waals surface area contributed by atoms with Crippen LogP contribution < -0.4 is 4.90 Å². The van der Waals surface area contributed by atoms with Gasteiger partial charge in [-0.05, 0) is 64.0 Å². The average molecular weight is 689 g/mol. The largest absolute Gasteiger partial charge is 0.395 e. The molecule has 0 fully saturated rings. The summed E-state index contributed by atoms with van der Waals surface area (Å²) in [6.07, 6.45) is 3.53. The van der Waals surface area contributed by atoms with Crippen LogP contribution in [0.4, 0.5) is 5.69 Å². The molecule has 0 unspecified atom stereocenters. The Bertz CT molecular complexity index is 1330. The molecule has 38 heavy (non-hydrogen) atoms. The first kappa shape index (κ1) is 28.5. The number of halogens is 2. The maximum absolute atomic E-state index is 13.7. The Kier molecular flexibility index (Phi) is 9.40. The summed E-state index contributed by atoms with van der Waals surface area (Å²) in [7, 11) is 0. The van der Waals surface area contributed by atoms with Gasteiger partial charge in [0.2, 0.25) is 5.91 Å². The highest BCUT2D eigenvalue weighted by atomic mass is 127. The summed E-state index contributed by atoms with van der Waals surface area (Å²) in [5.41, 5.74) is 1.40. The number of carbonyl (C=O) groups is 2. The number of rotatable bonds is 10. The molecule has 1 aliphatic heterocycles. The fourth-order valence-corrected chi connectivity index (χ4v) is 5.72. The van der Waals surface area contributed by atoms with Crippen LogP contribution in [0, 0.1) is 9.49 Å². The zero-order chi connectivity index (χ0) is 27.3. The Morgan fingerprint density at radius 1 is 1.11 bits per heavy atom. The van der Waals surface area contributed by atoms with Crippen molar-refractivity contribution in [3.8, 4) is 0 Å². The second-order valence-electron chi connectivity index (χ2n) is 9.39. The van der Waals surface area contributed by atoms with Crippen LogP contribution in [0.1, 0.15) is 30.0 Å². The predicted octanol–water partition coefficient (Wildman–Crippen LogP) is 5.39. The van der Waals surface area contributed by atoms with E-state index in [0.717, 1.165) is 19.2 Å². The smallest absolute Gasteiger partial charge is 0.264 e. The zero-order valence-electron chi connectivity index (χ0n) is 21.1. The fraction of sp³-hybridized carbons (Fsp3) is 0.267. The number of fused-ring (bicyclic) bond motifs is 1. The van der Waals surface area contributed by atoms with E-state index >= 15 is 0 Å². The summed E-state index contributed by atoms with van der Waals surface area (Å²) in [5, 5.41) is 21.3. The lowest BCUT2D eigenvalue weighted by molar-refractivity contribution is -0.139. The highest BCUT2D eigenvalue weighted by Gasteiger charge is 2.52. The van der Waals surface area contributed by atoms with E-state index in [4.69, 9.17) is 0 Å². The summed E-state index contributed by atoms with van der Waals surface area (Å²) < 4.78 is 1.84. The van der Waals surface area contributed by atoms with E-state index in [-0.39, 0.29) is 31.4 Å². The van der Waals surface area contributed by atoms with E-state index in [0.29, 0.717) is 24.3 Å². The first-order chi connectivity index (χ1) is 18.2. The minimum atomic E-state index is -1.77. The lowest BCUT2D eigenvalue weighted by atomic mass is 9.83. The van der Waals surface area contributed by atoms with Gasteiger partial charge < -0.3 is 20.0 Å². The molecule has 198 valence electrons. The quantitative estimate of drug-likeness (QED) is 0.221. The van der Waals surface area contributed by atoms with Crippen LogP contribution in [-0.2, 0) is 28.3 Å². The van der Waals surface area contributed by atoms with Crippen molar-refractivity contribution < 1.29 is 19.8 Å². The topological polar surface area (TPSA) is 81.1 Å². The van der Waals surface area contributed by atoms with Crippen LogP contribution in [0.25, 0.3) is 0 Å². The number of amides is 2.